The highest BCUT2D eigenvalue weighted by Crippen LogP contribution is 2.24. The van der Waals surface area contributed by atoms with Gasteiger partial charge >= 0.3 is 0 Å². The molecule has 0 heterocycles. The quantitative estimate of drug-likeness (QED) is 0.461. The molecule has 0 saturated heterocycles. The first-order chi connectivity index (χ1) is 7.06. The average Bonchev–Trinajstić information content (AvgIpc) is 2.18. The molecule has 0 bridgehead atoms. The Morgan fingerprint density at radius 1 is 1.33 bits per heavy atom. The lowest BCUT2D eigenvalue weighted by atomic mass is 10.1. The third-order valence-electron chi connectivity index (χ3n) is 1.78. The molecule has 0 radical (unpaired) electrons. The summed E-state index contributed by atoms with van der Waals surface area (Å²) in [5.74, 6) is 0. The minimum absolute atomic E-state index is 0.262. The van der Waals surface area contributed by atoms with Crippen LogP contribution in [-0.4, -0.2) is 18.2 Å². The van der Waals surface area contributed by atoms with Crippen molar-refractivity contribution >= 4 is 40.5 Å². The number of alkyl halides is 1. The van der Waals surface area contributed by atoms with Gasteiger partial charge in [0.15, 0.2) is 0 Å². The normalized spacial score (nSPS) is 13.8. The highest BCUT2D eigenvalue weighted by atomic mass is 35.5. The molecule has 1 aromatic carbocycles. The fourth-order valence-electron chi connectivity index (χ4n) is 1.11. The van der Waals surface area contributed by atoms with Crippen molar-refractivity contribution in [3.05, 3.63) is 33.8 Å². The van der Waals surface area contributed by atoms with Gasteiger partial charge < -0.3 is 4.84 Å². The Morgan fingerprint density at radius 2 is 2.00 bits per heavy atom. The highest BCUT2D eigenvalue weighted by molar-refractivity contribution is 6.42. The monoisotopic (exact) mass is 265 g/mol. The molecule has 0 aliphatic rings. The van der Waals surface area contributed by atoms with Crippen molar-refractivity contribution in [3.63, 3.8) is 0 Å². The van der Waals surface area contributed by atoms with E-state index in [2.05, 4.69) is 5.16 Å². The molecular formula is C10H10Cl3NO. The summed E-state index contributed by atoms with van der Waals surface area (Å²) in [6.45, 7) is 1.81. The van der Waals surface area contributed by atoms with Crippen LogP contribution in [-0.2, 0) is 4.84 Å². The molecule has 1 rings (SSSR count). The number of benzene rings is 1. The average molecular weight is 267 g/mol. The molecule has 0 spiro atoms. The molecule has 82 valence electrons. The molecule has 1 atom stereocenters. The molecule has 1 aromatic rings. The second kappa shape index (κ2) is 5.59. The first kappa shape index (κ1) is 12.6. The molecule has 2 nitrogen and oxygen atoms in total. The number of hydrogen-bond acceptors (Lipinski definition) is 2. The van der Waals surface area contributed by atoms with Crippen LogP contribution in [0, 0.1) is 0 Å². The van der Waals surface area contributed by atoms with Crippen LogP contribution in [0.4, 0.5) is 0 Å². The van der Waals surface area contributed by atoms with Gasteiger partial charge in [-0.1, -0.05) is 34.4 Å². The summed E-state index contributed by atoms with van der Waals surface area (Å²) in [5.41, 5.74) is 1.42. The van der Waals surface area contributed by atoms with E-state index in [0.717, 1.165) is 5.56 Å². The number of rotatable bonds is 3. The second-order valence-electron chi connectivity index (χ2n) is 2.90. The summed E-state index contributed by atoms with van der Waals surface area (Å²) in [5, 5.41) is 4.55. The smallest absolute Gasteiger partial charge is 0.106 e. The summed E-state index contributed by atoms with van der Waals surface area (Å²) < 4.78 is 0. The summed E-state index contributed by atoms with van der Waals surface area (Å²) >= 11 is 17.7. The van der Waals surface area contributed by atoms with Crippen LogP contribution in [0.3, 0.4) is 0 Å². The zero-order valence-electron chi connectivity index (χ0n) is 8.30. The van der Waals surface area contributed by atoms with Crippen LogP contribution in [0.15, 0.2) is 23.4 Å². The van der Waals surface area contributed by atoms with E-state index in [-0.39, 0.29) is 5.38 Å². The number of hydrogen-bond donors (Lipinski definition) is 0. The van der Waals surface area contributed by atoms with Crippen molar-refractivity contribution in [2.75, 3.05) is 7.11 Å². The van der Waals surface area contributed by atoms with Crippen LogP contribution < -0.4 is 0 Å². The number of halogens is 3. The number of oxime groups is 1. The summed E-state index contributed by atoms with van der Waals surface area (Å²) in [4.78, 5) is 4.72. The molecule has 0 fully saturated rings. The minimum Gasteiger partial charge on any atom is -0.399 e. The third-order valence-corrected chi connectivity index (χ3v) is 2.73. The van der Waals surface area contributed by atoms with Gasteiger partial charge in [-0.3, -0.25) is 0 Å². The Morgan fingerprint density at radius 3 is 2.47 bits per heavy atom. The molecule has 1 unspecified atom stereocenters. The van der Waals surface area contributed by atoms with Crippen molar-refractivity contribution in [2.24, 2.45) is 5.16 Å². The fraction of sp³-hybridized carbons (Fsp3) is 0.300. The van der Waals surface area contributed by atoms with Crippen LogP contribution in [0.1, 0.15) is 12.5 Å². The fourth-order valence-corrected chi connectivity index (χ4v) is 1.57. The van der Waals surface area contributed by atoms with Crippen LogP contribution in [0.2, 0.25) is 10.0 Å². The largest absolute Gasteiger partial charge is 0.399 e. The van der Waals surface area contributed by atoms with E-state index in [1.165, 1.54) is 7.11 Å². The van der Waals surface area contributed by atoms with Crippen molar-refractivity contribution in [1.29, 1.82) is 0 Å². The second-order valence-corrected chi connectivity index (χ2v) is 4.37. The van der Waals surface area contributed by atoms with Crippen LogP contribution in [0.5, 0.6) is 0 Å². The van der Waals surface area contributed by atoms with E-state index >= 15 is 0 Å². The molecule has 0 aromatic heterocycles. The van der Waals surface area contributed by atoms with Gasteiger partial charge in [0.1, 0.15) is 12.8 Å². The lowest BCUT2D eigenvalue weighted by molar-refractivity contribution is 0.213. The minimum atomic E-state index is -0.262. The number of nitrogens with zero attached hydrogens (tertiary/aromatic N) is 1. The lowest BCUT2D eigenvalue weighted by Crippen LogP contribution is -2.12. The van der Waals surface area contributed by atoms with E-state index in [4.69, 9.17) is 39.6 Å². The van der Waals surface area contributed by atoms with Gasteiger partial charge in [-0.15, -0.1) is 11.6 Å². The maximum absolute atomic E-state index is 5.96. The highest BCUT2D eigenvalue weighted by Gasteiger charge is 2.12. The van der Waals surface area contributed by atoms with E-state index in [9.17, 15) is 0 Å². The Hall–Kier alpha value is -0.440. The first-order valence-corrected chi connectivity index (χ1v) is 5.46. The zero-order valence-corrected chi connectivity index (χ0v) is 10.6. The van der Waals surface area contributed by atoms with Gasteiger partial charge in [0.2, 0.25) is 0 Å². The molecular weight excluding hydrogens is 256 g/mol. The Kier molecular flexibility index (Phi) is 4.71. The van der Waals surface area contributed by atoms with Crippen LogP contribution in [0.25, 0.3) is 0 Å². The van der Waals surface area contributed by atoms with Crippen molar-refractivity contribution in [3.8, 4) is 0 Å². The Labute approximate surface area is 104 Å². The Balaban J connectivity index is 3.13. The third kappa shape index (κ3) is 3.26. The zero-order chi connectivity index (χ0) is 11.4. The van der Waals surface area contributed by atoms with E-state index in [1.807, 2.05) is 6.92 Å². The SMILES string of the molecule is CO/N=C(\c1ccc(Cl)c(Cl)c1)C(C)Cl. The molecule has 0 aliphatic carbocycles. The van der Waals surface area contributed by atoms with Crippen molar-refractivity contribution in [1.82, 2.24) is 0 Å². The topological polar surface area (TPSA) is 21.6 Å². The van der Waals surface area contributed by atoms with Gasteiger partial charge in [-0.05, 0) is 19.1 Å². The van der Waals surface area contributed by atoms with Gasteiger partial charge in [0, 0.05) is 5.56 Å². The first-order valence-electron chi connectivity index (χ1n) is 4.26. The molecule has 5 heteroatoms. The van der Waals surface area contributed by atoms with Crippen molar-refractivity contribution < 1.29 is 4.84 Å². The van der Waals surface area contributed by atoms with Gasteiger partial charge in [-0.2, -0.15) is 0 Å². The maximum atomic E-state index is 5.96. The molecule has 0 amide bonds. The molecule has 0 saturated carbocycles. The van der Waals surface area contributed by atoms with E-state index in [1.54, 1.807) is 18.2 Å². The predicted octanol–water partition coefficient (Wildman–Crippen LogP) is 3.97. The predicted molar refractivity (Wildman–Crippen MR) is 65.3 cm³/mol. The summed E-state index contributed by atoms with van der Waals surface area (Å²) in [7, 11) is 1.47. The molecule has 0 N–H and O–H groups in total. The molecule has 15 heavy (non-hydrogen) atoms. The Bertz CT molecular complexity index is 377. The van der Waals surface area contributed by atoms with Gasteiger partial charge in [0.05, 0.1) is 15.4 Å². The standard InChI is InChI=1S/C10H10Cl3NO/c1-6(11)10(14-15-2)7-3-4-8(12)9(13)5-7/h3-6H,1-2H3/b14-10-. The lowest BCUT2D eigenvalue weighted by Gasteiger charge is -2.08. The van der Waals surface area contributed by atoms with E-state index < -0.39 is 0 Å². The maximum Gasteiger partial charge on any atom is 0.106 e. The van der Waals surface area contributed by atoms with Crippen LogP contribution >= 0.6 is 34.8 Å². The molecule has 0 aliphatic heterocycles. The van der Waals surface area contributed by atoms with Gasteiger partial charge in [-0.25, -0.2) is 0 Å². The van der Waals surface area contributed by atoms with Crippen molar-refractivity contribution in [2.45, 2.75) is 12.3 Å². The van der Waals surface area contributed by atoms with Gasteiger partial charge in [0.25, 0.3) is 0 Å². The summed E-state index contributed by atoms with van der Waals surface area (Å²) in [6.07, 6.45) is 0. The van der Waals surface area contributed by atoms with E-state index in [0.29, 0.717) is 15.8 Å². The summed E-state index contributed by atoms with van der Waals surface area (Å²) in [6, 6.07) is 5.20.